The van der Waals surface area contributed by atoms with Gasteiger partial charge in [-0.1, -0.05) is 6.07 Å². The lowest BCUT2D eigenvalue weighted by Crippen LogP contribution is -2.51. The number of hydrogen-bond donors (Lipinski definition) is 1. The molecule has 0 aliphatic heterocycles. The van der Waals surface area contributed by atoms with Crippen molar-refractivity contribution in [3.8, 4) is 0 Å². The number of anilines is 1. The van der Waals surface area contributed by atoms with Crippen molar-refractivity contribution < 1.29 is 27.5 Å². The Labute approximate surface area is 76.7 Å². The Balaban J connectivity index is 2.80. The molecule has 0 spiro atoms. The third-order valence-corrected chi connectivity index (χ3v) is 1.27. The monoisotopic (exact) mass is 207 g/mol. The van der Waals surface area contributed by atoms with Crippen molar-refractivity contribution in [3.05, 3.63) is 24.4 Å². The Kier molecular flexibility index (Phi) is 2.59. The van der Waals surface area contributed by atoms with Gasteiger partial charge in [-0.05, 0) is 10.8 Å². The molecule has 0 saturated carbocycles. The van der Waals surface area contributed by atoms with Gasteiger partial charge in [-0.2, -0.15) is 13.2 Å². The van der Waals surface area contributed by atoms with Gasteiger partial charge < -0.3 is 0 Å². The van der Waals surface area contributed by atoms with Crippen LogP contribution in [0.3, 0.4) is 0 Å². The zero-order chi connectivity index (χ0) is 10.8. The predicted octanol–water partition coefficient (Wildman–Crippen LogP) is 0.0738. The van der Waals surface area contributed by atoms with Crippen molar-refractivity contribution in [3.63, 3.8) is 0 Å². The molecular formula is C7H6F3N2O2+. The number of hydrogen-bond acceptors (Lipinski definition) is 3. The van der Waals surface area contributed by atoms with Crippen LogP contribution in [0.1, 0.15) is 0 Å². The van der Waals surface area contributed by atoms with Crippen molar-refractivity contribution in [2.45, 2.75) is 6.18 Å². The summed E-state index contributed by atoms with van der Waals surface area (Å²) in [5, 5.41) is 0. The normalized spacial score (nSPS) is 11.1. The van der Waals surface area contributed by atoms with E-state index in [0.717, 1.165) is 6.20 Å². The molecule has 0 aliphatic rings. The highest BCUT2D eigenvalue weighted by molar-refractivity contribution is 5.75. The topological polar surface area (TPSA) is 56.2 Å². The van der Waals surface area contributed by atoms with E-state index in [2.05, 4.69) is 4.84 Å². The maximum Gasteiger partial charge on any atom is 0.495 e. The zero-order valence-corrected chi connectivity index (χ0v) is 6.78. The first-order chi connectivity index (χ1) is 6.41. The summed E-state index contributed by atoms with van der Waals surface area (Å²) in [4.78, 5) is 14.3. The summed E-state index contributed by atoms with van der Waals surface area (Å²) < 4.78 is 35.8. The largest absolute Gasteiger partial charge is 0.495 e. The molecule has 0 bridgehead atoms. The molecule has 4 nitrogen and oxygen atoms in total. The van der Waals surface area contributed by atoms with Gasteiger partial charge in [0.2, 0.25) is 0 Å². The van der Waals surface area contributed by atoms with Crippen molar-refractivity contribution in [1.82, 2.24) is 0 Å². The maximum atomic E-state index is 11.7. The number of halogens is 3. The molecule has 1 aromatic rings. The minimum atomic E-state index is -5.03. The molecule has 0 aliphatic carbocycles. The molecule has 14 heavy (non-hydrogen) atoms. The number of nitrogen functional groups attached to an aromatic ring is 1. The van der Waals surface area contributed by atoms with E-state index >= 15 is 0 Å². The molecule has 0 saturated heterocycles. The van der Waals surface area contributed by atoms with Gasteiger partial charge in [0.25, 0.3) is 0 Å². The van der Waals surface area contributed by atoms with E-state index in [-0.39, 0.29) is 5.82 Å². The second-order valence-corrected chi connectivity index (χ2v) is 2.33. The summed E-state index contributed by atoms with van der Waals surface area (Å²) in [6.07, 6.45) is -3.94. The van der Waals surface area contributed by atoms with Gasteiger partial charge in [-0.25, -0.2) is 9.63 Å². The van der Waals surface area contributed by atoms with E-state index in [1.165, 1.54) is 18.2 Å². The fraction of sp³-hybridized carbons (Fsp3) is 0.143. The number of pyridine rings is 1. The van der Waals surface area contributed by atoms with Crippen molar-refractivity contribution in [2.75, 3.05) is 5.73 Å². The first-order valence-electron chi connectivity index (χ1n) is 3.47. The third kappa shape index (κ3) is 2.35. The summed E-state index contributed by atoms with van der Waals surface area (Å²) >= 11 is 0. The summed E-state index contributed by atoms with van der Waals surface area (Å²) in [5.74, 6) is -2.43. The van der Waals surface area contributed by atoms with Crippen LogP contribution in [0, 0.1) is 0 Å². The Morgan fingerprint density at radius 1 is 1.43 bits per heavy atom. The van der Waals surface area contributed by atoms with E-state index in [1.807, 2.05) is 0 Å². The molecular weight excluding hydrogens is 201 g/mol. The van der Waals surface area contributed by atoms with Gasteiger partial charge in [0, 0.05) is 6.07 Å². The van der Waals surface area contributed by atoms with Crippen LogP contribution >= 0.6 is 0 Å². The summed E-state index contributed by atoms with van der Waals surface area (Å²) in [7, 11) is 0. The van der Waals surface area contributed by atoms with Crippen molar-refractivity contribution in [1.29, 1.82) is 0 Å². The maximum absolute atomic E-state index is 11.7. The van der Waals surface area contributed by atoms with Crippen LogP contribution in [0.2, 0.25) is 0 Å². The van der Waals surface area contributed by atoms with Crippen LogP contribution in [0.5, 0.6) is 0 Å². The number of alkyl halides is 3. The van der Waals surface area contributed by atoms with Crippen molar-refractivity contribution >= 4 is 11.8 Å². The van der Waals surface area contributed by atoms with Gasteiger partial charge in [-0.15, -0.1) is 0 Å². The number of rotatable bonds is 1. The van der Waals surface area contributed by atoms with E-state index in [9.17, 15) is 18.0 Å². The van der Waals surface area contributed by atoms with Crippen molar-refractivity contribution in [2.24, 2.45) is 0 Å². The highest BCUT2D eigenvalue weighted by Crippen LogP contribution is 2.14. The van der Waals surface area contributed by atoms with E-state index in [0.29, 0.717) is 4.73 Å². The highest BCUT2D eigenvalue weighted by atomic mass is 19.4. The molecule has 1 aromatic heterocycles. The van der Waals surface area contributed by atoms with Crippen LogP contribution in [0.15, 0.2) is 24.4 Å². The molecule has 2 N–H and O–H groups in total. The Hall–Kier alpha value is -1.79. The lowest BCUT2D eigenvalue weighted by atomic mass is 10.5. The molecule has 0 amide bonds. The Morgan fingerprint density at radius 3 is 2.57 bits per heavy atom. The van der Waals surface area contributed by atoms with Crippen LogP contribution in [-0.2, 0) is 4.79 Å². The fourth-order valence-corrected chi connectivity index (χ4v) is 0.666. The molecule has 1 heterocycles. The molecule has 0 atom stereocenters. The summed E-state index contributed by atoms with van der Waals surface area (Å²) in [5.41, 5.74) is 5.23. The standard InChI is InChI=1S/C7H5F3N2O2/c8-7(9,10)6(13)14-12-4-2-1-3-5(12)11/h1-4,11H/p+1. The van der Waals surface area contributed by atoms with Crippen LogP contribution in [0.25, 0.3) is 0 Å². The quantitative estimate of drug-likeness (QED) is 0.663. The lowest BCUT2D eigenvalue weighted by Gasteiger charge is -2.04. The lowest BCUT2D eigenvalue weighted by molar-refractivity contribution is -0.859. The smallest absolute Gasteiger partial charge is 0.284 e. The minimum Gasteiger partial charge on any atom is -0.284 e. The second kappa shape index (κ2) is 3.52. The van der Waals surface area contributed by atoms with Gasteiger partial charge >= 0.3 is 18.0 Å². The number of aromatic nitrogens is 1. The minimum absolute atomic E-state index is 0.106. The average Bonchev–Trinajstić information content (AvgIpc) is 2.07. The van der Waals surface area contributed by atoms with E-state index in [4.69, 9.17) is 5.73 Å². The molecule has 76 valence electrons. The van der Waals surface area contributed by atoms with E-state index in [1.54, 1.807) is 0 Å². The fourth-order valence-electron chi connectivity index (χ4n) is 0.666. The van der Waals surface area contributed by atoms with Crippen LogP contribution in [-0.4, -0.2) is 12.1 Å². The Bertz CT molecular complexity index is 351. The van der Waals surface area contributed by atoms with E-state index < -0.39 is 12.1 Å². The summed E-state index contributed by atoms with van der Waals surface area (Å²) in [6, 6.07) is 4.16. The average molecular weight is 207 g/mol. The molecule has 0 radical (unpaired) electrons. The summed E-state index contributed by atoms with van der Waals surface area (Å²) in [6.45, 7) is 0. The highest BCUT2D eigenvalue weighted by Gasteiger charge is 2.43. The Morgan fingerprint density at radius 2 is 2.07 bits per heavy atom. The van der Waals surface area contributed by atoms with Gasteiger partial charge in [0.15, 0.2) is 0 Å². The number of nitrogens with two attached hydrogens (primary N) is 1. The number of carbonyl (C=O) groups is 1. The molecule has 7 heteroatoms. The molecule has 0 fully saturated rings. The van der Waals surface area contributed by atoms with Crippen LogP contribution in [0.4, 0.5) is 19.0 Å². The molecule has 1 rings (SSSR count). The predicted molar refractivity (Wildman–Crippen MR) is 38.7 cm³/mol. The van der Waals surface area contributed by atoms with Gasteiger partial charge in [0.1, 0.15) is 6.20 Å². The molecule has 0 unspecified atom stereocenters. The number of carbonyl (C=O) groups excluding carboxylic acids is 1. The van der Waals surface area contributed by atoms with Gasteiger partial charge in [0.05, 0.1) is 0 Å². The zero-order valence-electron chi connectivity index (χ0n) is 6.78. The first-order valence-corrected chi connectivity index (χ1v) is 3.47. The first kappa shape index (κ1) is 10.3. The van der Waals surface area contributed by atoms with Gasteiger partial charge in [-0.3, -0.25) is 5.73 Å². The second-order valence-electron chi connectivity index (χ2n) is 2.33. The third-order valence-electron chi connectivity index (χ3n) is 1.27. The number of nitrogens with zero attached hydrogens (tertiary/aromatic N) is 1. The SMILES string of the molecule is Nc1cccc[n+]1OC(=O)C(F)(F)F. The molecule has 0 aromatic carbocycles. The van der Waals surface area contributed by atoms with Crippen LogP contribution < -0.4 is 15.3 Å².